The fraction of sp³-hybridized carbons (Fsp3) is 0.200. The van der Waals surface area contributed by atoms with E-state index in [1.165, 1.54) is 4.90 Å². The van der Waals surface area contributed by atoms with Crippen LogP contribution in [0, 0.1) is 0 Å². The lowest BCUT2D eigenvalue weighted by atomic mass is 10.2. The minimum atomic E-state index is 0.0435. The normalized spacial score (nSPS) is 17.9. The van der Waals surface area contributed by atoms with Crippen LogP contribution in [0.3, 0.4) is 0 Å². The second-order valence-corrected chi connectivity index (χ2v) is 6.03. The first kappa shape index (κ1) is 12.2. The number of aromatic nitrogens is 1. The number of thioether (sulfide) groups is 1. The van der Waals surface area contributed by atoms with Gasteiger partial charge in [-0.05, 0) is 24.3 Å². The Morgan fingerprint density at radius 2 is 2.00 bits per heavy atom. The third-order valence-corrected chi connectivity index (χ3v) is 4.25. The number of amides is 1. The average molecular weight is 270 g/mol. The Kier molecular flexibility index (Phi) is 3.25. The van der Waals surface area contributed by atoms with Gasteiger partial charge in [-0.15, -0.1) is 11.8 Å². The summed E-state index contributed by atoms with van der Waals surface area (Å²) >= 11 is 1.82. The van der Waals surface area contributed by atoms with Gasteiger partial charge < -0.3 is 4.90 Å². The zero-order valence-corrected chi connectivity index (χ0v) is 11.4. The van der Waals surface area contributed by atoms with E-state index in [-0.39, 0.29) is 5.91 Å². The molecule has 1 unspecified atom stereocenters. The number of nitrogens with zero attached hydrogens (tertiary/aromatic N) is 2. The van der Waals surface area contributed by atoms with E-state index in [0.717, 1.165) is 12.2 Å². The van der Waals surface area contributed by atoms with Crippen molar-refractivity contribution in [2.75, 3.05) is 11.4 Å². The third kappa shape index (κ3) is 2.36. The molecule has 1 aromatic carbocycles. The van der Waals surface area contributed by atoms with Gasteiger partial charge in [-0.3, -0.25) is 9.78 Å². The summed E-state index contributed by atoms with van der Waals surface area (Å²) in [6.45, 7) is 2.89. The van der Waals surface area contributed by atoms with Crippen LogP contribution in [-0.4, -0.2) is 22.7 Å². The van der Waals surface area contributed by atoms with E-state index in [4.69, 9.17) is 0 Å². The number of hydrogen-bond donors (Lipinski definition) is 0. The molecule has 96 valence electrons. The average Bonchev–Trinajstić information content (AvgIpc) is 2.46. The maximum atomic E-state index is 12.6. The fourth-order valence-corrected chi connectivity index (χ4v) is 3.35. The lowest BCUT2D eigenvalue weighted by Gasteiger charge is -2.32. The lowest BCUT2D eigenvalue weighted by Crippen LogP contribution is -2.38. The second kappa shape index (κ2) is 5.05. The van der Waals surface area contributed by atoms with E-state index in [9.17, 15) is 4.79 Å². The predicted molar refractivity (Wildman–Crippen MR) is 77.7 cm³/mol. The van der Waals surface area contributed by atoms with E-state index in [1.807, 2.05) is 34.9 Å². The Labute approximate surface area is 116 Å². The first-order valence-corrected chi connectivity index (χ1v) is 7.11. The summed E-state index contributed by atoms with van der Waals surface area (Å²) in [5.74, 6) is 0.0435. The van der Waals surface area contributed by atoms with Gasteiger partial charge in [0.25, 0.3) is 5.91 Å². The number of carbonyl (C=O) groups is 1. The summed E-state index contributed by atoms with van der Waals surface area (Å²) in [4.78, 5) is 19.6. The van der Waals surface area contributed by atoms with E-state index in [2.05, 4.69) is 18.0 Å². The number of rotatable bonds is 1. The Morgan fingerprint density at radius 3 is 2.79 bits per heavy atom. The molecule has 3 nitrogen and oxygen atoms in total. The number of anilines is 1. The molecule has 1 atom stereocenters. The van der Waals surface area contributed by atoms with Crippen LogP contribution in [0.25, 0.3) is 0 Å². The molecule has 0 spiro atoms. The van der Waals surface area contributed by atoms with Crippen LogP contribution in [0.4, 0.5) is 5.69 Å². The van der Waals surface area contributed by atoms with Gasteiger partial charge in [0.15, 0.2) is 0 Å². The summed E-state index contributed by atoms with van der Waals surface area (Å²) < 4.78 is 0. The van der Waals surface area contributed by atoms with Gasteiger partial charge in [-0.25, -0.2) is 0 Å². The highest BCUT2D eigenvalue weighted by atomic mass is 32.2. The molecule has 0 aliphatic carbocycles. The van der Waals surface area contributed by atoms with Crippen molar-refractivity contribution in [1.29, 1.82) is 0 Å². The topological polar surface area (TPSA) is 33.2 Å². The highest BCUT2D eigenvalue weighted by Gasteiger charge is 2.27. The van der Waals surface area contributed by atoms with Crippen LogP contribution in [0.15, 0.2) is 53.7 Å². The molecule has 1 aromatic heterocycles. The monoisotopic (exact) mass is 270 g/mol. The molecule has 4 heteroatoms. The first-order chi connectivity index (χ1) is 9.25. The van der Waals surface area contributed by atoms with Gasteiger partial charge in [0.2, 0.25) is 0 Å². The highest BCUT2D eigenvalue weighted by molar-refractivity contribution is 8.00. The standard InChI is InChI=1S/C15H14N2OS/c1-11-10-17(13-4-2-3-5-14(13)19-11)15(18)12-6-8-16-9-7-12/h2-9,11H,10H2,1H3. The summed E-state index contributed by atoms with van der Waals surface area (Å²) in [5.41, 5.74) is 1.69. The summed E-state index contributed by atoms with van der Waals surface area (Å²) in [6.07, 6.45) is 3.31. The van der Waals surface area contributed by atoms with Gasteiger partial charge in [0.05, 0.1) is 5.69 Å². The number of para-hydroxylation sites is 1. The van der Waals surface area contributed by atoms with E-state index in [1.54, 1.807) is 24.5 Å². The van der Waals surface area contributed by atoms with Crippen molar-refractivity contribution < 1.29 is 4.79 Å². The molecule has 0 fully saturated rings. The molecule has 1 amide bonds. The molecule has 2 heterocycles. The summed E-state index contributed by atoms with van der Waals surface area (Å²) in [6, 6.07) is 11.6. The number of fused-ring (bicyclic) bond motifs is 1. The second-order valence-electron chi connectivity index (χ2n) is 4.55. The lowest BCUT2D eigenvalue weighted by molar-refractivity contribution is 0.0986. The molecule has 1 aliphatic rings. The summed E-state index contributed by atoms with van der Waals surface area (Å²) in [5, 5.41) is 0.403. The molecule has 0 saturated heterocycles. The van der Waals surface area contributed by atoms with E-state index in [0.29, 0.717) is 10.8 Å². The van der Waals surface area contributed by atoms with Crippen LogP contribution in [0.5, 0.6) is 0 Å². The molecule has 2 aromatic rings. The van der Waals surface area contributed by atoms with Crippen molar-refractivity contribution in [3.63, 3.8) is 0 Å². The van der Waals surface area contributed by atoms with E-state index >= 15 is 0 Å². The molecule has 19 heavy (non-hydrogen) atoms. The molecular formula is C15H14N2OS. The van der Waals surface area contributed by atoms with Gasteiger partial charge in [-0.2, -0.15) is 0 Å². The number of carbonyl (C=O) groups excluding carboxylic acids is 1. The Balaban J connectivity index is 1.99. The van der Waals surface area contributed by atoms with Crippen LogP contribution >= 0.6 is 11.8 Å². The SMILES string of the molecule is CC1CN(C(=O)c2ccncc2)c2ccccc2S1. The molecular weight excluding hydrogens is 256 g/mol. The maximum Gasteiger partial charge on any atom is 0.258 e. The molecule has 3 rings (SSSR count). The quantitative estimate of drug-likeness (QED) is 0.797. The third-order valence-electron chi connectivity index (χ3n) is 3.10. The van der Waals surface area contributed by atoms with Crippen molar-refractivity contribution in [2.45, 2.75) is 17.1 Å². The van der Waals surface area contributed by atoms with E-state index < -0.39 is 0 Å². The number of hydrogen-bond acceptors (Lipinski definition) is 3. The Bertz CT molecular complexity index is 600. The molecule has 0 bridgehead atoms. The highest BCUT2D eigenvalue weighted by Crippen LogP contribution is 2.38. The molecule has 0 saturated carbocycles. The fourth-order valence-electron chi connectivity index (χ4n) is 2.23. The molecule has 0 radical (unpaired) electrons. The van der Waals surface area contributed by atoms with Gasteiger partial charge in [0.1, 0.15) is 0 Å². The van der Waals surface area contributed by atoms with Crippen molar-refractivity contribution >= 4 is 23.4 Å². The number of benzene rings is 1. The predicted octanol–water partition coefficient (Wildman–Crippen LogP) is 3.22. The van der Waals surface area contributed by atoms with Crippen molar-refractivity contribution in [3.8, 4) is 0 Å². The van der Waals surface area contributed by atoms with Crippen molar-refractivity contribution in [3.05, 3.63) is 54.4 Å². The van der Waals surface area contributed by atoms with Crippen molar-refractivity contribution in [1.82, 2.24) is 4.98 Å². The van der Waals surface area contributed by atoms with Gasteiger partial charge in [0, 0.05) is 34.6 Å². The minimum absolute atomic E-state index is 0.0435. The van der Waals surface area contributed by atoms with Gasteiger partial charge >= 0.3 is 0 Å². The smallest absolute Gasteiger partial charge is 0.258 e. The Hall–Kier alpha value is -1.81. The molecule has 0 N–H and O–H groups in total. The zero-order chi connectivity index (χ0) is 13.2. The van der Waals surface area contributed by atoms with Crippen molar-refractivity contribution in [2.24, 2.45) is 0 Å². The van der Waals surface area contributed by atoms with Crippen LogP contribution in [0.1, 0.15) is 17.3 Å². The number of pyridine rings is 1. The van der Waals surface area contributed by atoms with Crippen LogP contribution in [0.2, 0.25) is 0 Å². The van der Waals surface area contributed by atoms with Gasteiger partial charge in [-0.1, -0.05) is 19.1 Å². The maximum absolute atomic E-state index is 12.6. The summed E-state index contributed by atoms with van der Waals surface area (Å²) in [7, 11) is 0. The van der Waals surface area contributed by atoms with Crippen LogP contribution < -0.4 is 4.90 Å². The minimum Gasteiger partial charge on any atom is -0.306 e. The molecule has 1 aliphatic heterocycles. The zero-order valence-electron chi connectivity index (χ0n) is 10.6. The first-order valence-electron chi connectivity index (χ1n) is 6.23. The van der Waals surface area contributed by atoms with Crippen LogP contribution in [-0.2, 0) is 0 Å². The largest absolute Gasteiger partial charge is 0.306 e. The Morgan fingerprint density at radius 1 is 1.26 bits per heavy atom.